The van der Waals surface area contributed by atoms with E-state index in [0.29, 0.717) is 24.7 Å². The number of carbonyl (C=O) groups is 1. The number of amides is 1. The Balaban J connectivity index is 1.99. The Labute approximate surface area is 81.1 Å². The zero-order valence-corrected chi connectivity index (χ0v) is 7.77. The minimum atomic E-state index is 0.157. The fourth-order valence-corrected chi connectivity index (χ4v) is 1.48. The van der Waals surface area contributed by atoms with Crippen LogP contribution in [0.2, 0.25) is 0 Å². The van der Waals surface area contributed by atoms with Crippen molar-refractivity contribution in [2.24, 2.45) is 5.73 Å². The monoisotopic (exact) mass is 196 g/mol. The van der Waals surface area contributed by atoms with Crippen molar-refractivity contribution in [1.82, 2.24) is 15.0 Å². The smallest absolute Gasteiger partial charge is 0.240 e. The Kier molecular flexibility index (Phi) is 2.45. The molecule has 0 unspecified atom stereocenters. The maximum Gasteiger partial charge on any atom is 0.240 e. The lowest BCUT2D eigenvalue weighted by Crippen LogP contribution is -2.24. The quantitative estimate of drug-likeness (QED) is 0.714. The van der Waals surface area contributed by atoms with Crippen LogP contribution >= 0.6 is 0 Å². The van der Waals surface area contributed by atoms with E-state index in [1.165, 1.54) is 0 Å². The molecule has 6 nitrogen and oxygen atoms in total. The average molecular weight is 196 g/mol. The summed E-state index contributed by atoms with van der Waals surface area (Å²) < 4.78 is 4.84. The summed E-state index contributed by atoms with van der Waals surface area (Å²) >= 11 is 0. The molecule has 1 fully saturated rings. The molecule has 14 heavy (non-hydrogen) atoms. The second-order valence-electron chi connectivity index (χ2n) is 3.23. The van der Waals surface area contributed by atoms with Gasteiger partial charge in [0.2, 0.25) is 11.8 Å². The Morgan fingerprint density at radius 1 is 1.57 bits per heavy atom. The summed E-state index contributed by atoms with van der Waals surface area (Å²) in [6.07, 6.45) is 1.54. The van der Waals surface area contributed by atoms with Gasteiger partial charge in [0.25, 0.3) is 0 Å². The summed E-state index contributed by atoms with van der Waals surface area (Å²) in [5.74, 6) is 1.09. The van der Waals surface area contributed by atoms with E-state index in [1.54, 1.807) is 4.90 Å². The molecule has 0 radical (unpaired) electrons. The predicted octanol–water partition coefficient (Wildman–Crippen LogP) is -0.349. The summed E-state index contributed by atoms with van der Waals surface area (Å²) in [5.41, 5.74) is 5.32. The minimum Gasteiger partial charge on any atom is -0.338 e. The zero-order chi connectivity index (χ0) is 9.97. The number of nitrogens with zero attached hydrogens (tertiary/aromatic N) is 3. The van der Waals surface area contributed by atoms with Gasteiger partial charge in [-0.25, -0.2) is 0 Å². The van der Waals surface area contributed by atoms with E-state index in [0.717, 1.165) is 13.0 Å². The first-order valence-corrected chi connectivity index (χ1v) is 4.59. The van der Waals surface area contributed by atoms with Crippen molar-refractivity contribution >= 4 is 5.91 Å². The molecular formula is C8H12N4O2. The van der Waals surface area contributed by atoms with Crippen molar-refractivity contribution in [3.05, 3.63) is 11.7 Å². The highest BCUT2D eigenvalue weighted by Gasteiger charge is 2.21. The molecular weight excluding hydrogens is 184 g/mol. The molecule has 0 atom stereocenters. The normalized spacial score (nSPS) is 16.6. The molecule has 1 aromatic rings. The van der Waals surface area contributed by atoms with Crippen LogP contribution in [0.15, 0.2) is 4.52 Å². The van der Waals surface area contributed by atoms with Crippen molar-refractivity contribution in [2.75, 3.05) is 6.54 Å². The summed E-state index contributed by atoms with van der Waals surface area (Å²) in [6, 6.07) is 0. The number of nitrogens with two attached hydrogens (primary N) is 1. The molecule has 2 N–H and O–H groups in total. The van der Waals surface area contributed by atoms with E-state index in [-0.39, 0.29) is 12.5 Å². The Morgan fingerprint density at radius 3 is 3.00 bits per heavy atom. The van der Waals surface area contributed by atoms with Crippen LogP contribution in [0.4, 0.5) is 0 Å². The molecule has 0 saturated carbocycles. The van der Waals surface area contributed by atoms with Gasteiger partial charge >= 0.3 is 0 Å². The van der Waals surface area contributed by atoms with Gasteiger partial charge in [-0.3, -0.25) is 4.79 Å². The highest BCUT2D eigenvalue weighted by Crippen LogP contribution is 2.12. The molecule has 2 heterocycles. The van der Waals surface area contributed by atoms with Gasteiger partial charge in [-0.2, -0.15) is 4.98 Å². The number of aromatic nitrogens is 2. The van der Waals surface area contributed by atoms with Crippen molar-refractivity contribution in [2.45, 2.75) is 25.9 Å². The molecule has 0 bridgehead atoms. The van der Waals surface area contributed by atoms with E-state index >= 15 is 0 Å². The third kappa shape index (κ3) is 1.74. The van der Waals surface area contributed by atoms with Crippen LogP contribution in [0, 0.1) is 0 Å². The highest BCUT2D eigenvalue weighted by molar-refractivity contribution is 5.77. The molecule has 1 saturated heterocycles. The predicted molar refractivity (Wildman–Crippen MR) is 46.8 cm³/mol. The first-order valence-electron chi connectivity index (χ1n) is 4.59. The summed E-state index contributed by atoms with van der Waals surface area (Å²) in [7, 11) is 0. The van der Waals surface area contributed by atoms with Crippen LogP contribution in [-0.4, -0.2) is 27.5 Å². The van der Waals surface area contributed by atoms with Crippen LogP contribution < -0.4 is 5.73 Å². The van der Waals surface area contributed by atoms with Crippen LogP contribution in [0.25, 0.3) is 0 Å². The van der Waals surface area contributed by atoms with Crippen molar-refractivity contribution < 1.29 is 9.32 Å². The van der Waals surface area contributed by atoms with Crippen LogP contribution in [0.1, 0.15) is 24.6 Å². The number of carbonyl (C=O) groups excluding carboxylic acids is 1. The van der Waals surface area contributed by atoms with Gasteiger partial charge in [-0.05, 0) is 6.42 Å². The summed E-state index contributed by atoms with van der Waals surface area (Å²) in [5, 5.41) is 3.72. The zero-order valence-electron chi connectivity index (χ0n) is 7.77. The SMILES string of the molecule is NCc1nc(CN2CCCC2=O)no1. The van der Waals surface area contributed by atoms with E-state index in [9.17, 15) is 4.79 Å². The number of hydrogen-bond acceptors (Lipinski definition) is 5. The first kappa shape index (κ1) is 9.14. The molecule has 6 heteroatoms. The van der Waals surface area contributed by atoms with Gasteiger partial charge in [0.1, 0.15) is 0 Å². The van der Waals surface area contributed by atoms with E-state index in [4.69, 9.17) is 10.3 Å². The Morgan fingerprint density at radius 2 is 2.43 bits per heavy atom. The van der Waals surface area contributed by atoms with Gasteiger partial charge in [0, 0.05) is 13.0 Å². The second-order valence-corrected chi connectivity index (χ2v) is 3.23. The van der Waals surface area contributed by atoms with E-state index < -0.39 is 0 Å². The molecule has 0 aliphatic carbocycles. The molecule has 1 aliphatic heterocycles. The average Bonchev–Trinajstić information content (AvgIpc) is 2.77. The molecule has 1 amide bonds. The fourth-order valence-electron chi connectivity index (χ4n) is 1.48. The van der Waals surface area contributed by atoms with Crippen LogP contribution in [-0.2, 0) is 17.9 Å². The standard InChI is InChI=1S/C8H12N4O2/c9-4-7-10-6(11-14-7)5-12-3-1-2-8(12)13/h1-5,9H2. The lowest BCUT2D eigenvalue weighted by Gasteiger charge is -2.11. The largest absolute Gasteiger partial charge is 0.338 e. The summed E-state index contributed by atoms with van der Waals surface area (Å²) in [6.45, 7) is 1.45. The van der Waals surface area contributed by atoms with Gasteiger partial charge < -0.3 is 15.2 Å². The van der Waals surface area contributed by atoms with Crippen molar-refractivity contribution in [3.8, 4) is 0 Å². The van der Waals surface area contributed by atoms with Crippen LogP contribution in [0.5, 0.6) is 0 Å². The Bertz CT molecular complexity index is 336. The van der Waals surface area contributed by atoms with E-state index in [2.05, 4.69) is 10.1 Å². The third-order valence-corrected chi connectivity index (χ3v) is 2.19. The maximum absolute atomic E-state index is 11.3. The van der Waals surface area contributed by atoms with Gasteiger partial charge in [-0.15, -0.1) is 0 Å². The van der Waals surface area contributed by atoms with Crippen molar-refractivity contribution in [3.63, 3.8) is 0 Å². The molecule has 1 aromatic heterocycles. The Hall–Kier alpha value is -1.43. The number of likely N-dealkylation sites (tertiary alicyclic amines) is 1. The molecule has 0 aromatic carbocycles. The fraction of sp³-hybridized carbons (Fsp3) is 0.625. The molecule has 76 valence electrons. The third-order valence-electron chi connectivity index (χ3n) is 2.19. The van der Waals surface area contributed by atoms with Gasteiger partial charge in [0.05, 0.1) is 13.1 Å². The van der Waals surface area contributed by atoms with E-state index in [1.807, 2.05) is 0 Å². The maximum atomic E-state index is 11.3. The minimum absolute atomic E-state index is 0.157. The van der Waals surface area contributed by atoms with Gasteiger partial charge in [0.15, 0.2) is 5.82 Å². The van der Waals surface area contributed by atoms with Gasteiger partial charge in [-0.1, -0.05) is 5.16 Å². The lowest BCUT2D eigenvalue weighted by atomic mass is 10.4. The summed E-state index contributed by atoms with van der Waals surface area (Å²) in [4.78, 5) is 17.0. The number of rotatable bonds is 3. The topological polar surface area (TPSA) is 85.2 Å². The highest BCUT2D eigenvalue weighted by atomic mass is 16.5. The molecule has 1 aliphatic rings. The number of hydrogen-bond donors (Lipinski definition) is 1. The van der Waals surface area contributed by atoms with Crippen LogP contribution in [0.3, 0.4) is 0 Å². The molecule has 0 spiro atoms. The molecule has 2 rings (SSSR count). The lowest BCUT2D eigenvalue weighted by molar-refractivity contribution is -0.128. The second kappa shape index (κ2) is 3.75. The first-order chi connectivity index (χ1) is 6.79. The van der Waals surface area contributed by atoms with Crippen molar-refractivity contribution in [1.29, 1.82) is 0 Å².